The Morgan fingerprint density at radius 1 is 0.969 bits per heavy atom. The molecule has 0 atom stereocenters. The maximum atomic E-state index is 12.8. The number of halogens is 1. The summed E-state index contributed by atoms with van der Waals surface area (Å²) in [6.07, 6.45) is 1.56. The smallest absolute Gasteiger partial charge is 0.266 e. The molecule has 5 heteroatoms. The average Bonchev–Trinajstić information content (AvgIpc) is 2.83. The van der Waals surface area contributed by atoms with Crippen LogP contribution in [0, 0.1) is 11.3 Å². The fourth-order valence-corrected chi connectivity index (χ4v) is 3.81. The highest BCUT2D eigenvalue weighted by atomic mass is 79.9. The van der Waals surface area contributed by atoms with Gasteiger partial charge in [0, 0.05) is 11.1 Å². The highest BCUT2D eigenvalue weighted by molar-refractivity contribution is 9.10. The molecule has 4 rings (SSSR count). The van der Waals surface area contributed by atoms with E-state index in [4.69, 9.17) is 4.74 Å². The van der Waals surface area contributed by atoms with Crippen molar-refractivity contribution in [3.63, 3.8) is 0 Å². The van der Waals surface area contributed by atoms with E-state index in [1.54, 1.807) is 6.08 Å². The van der Waals surface area contributed by atoms with Crippen LogP contribution in [0.2, 0.25) is 0 Å². The van der Waals surface area contributed by atoms with Crippen molar-refractivity contribution in [1.82, 2.24) is 0 Å². The summed E-state index contributed by atoms with van der Waals surface area (Å²) in [7, 11) is 0. The summed E-state index contributed by atoms with van der Waals surface area (Å²) >= 11 is 3.51. The lowest BCUT2D eigenvalue weighted by molar-refractivity contribution is -0.112. The third kappa shape index (κ3) is 5.05. The molecule has 0 radical (unpaired) electrons. The van der Waals surface area contributed by atoms with Gasteiger partial charge in [0.25, 0.3) is 5.91 Å². The number of ether oxygens (including phenoxy) is 1. The monoisotopic (exact) mass is 482 g/mol. The third-order valence-corrected chi connectivity index (χ3v) is 5.53. The maximum Gasteiger partial charge on any atom is 0.266 e. The van der Waals surface area contributed by atoms with Gasteiger partial charge in [-0.05, 0) is 56.7 Å². The van der Waals surface area contributed by atoms with E-state index in [1.807, 2.05) is 97.1 Å². The lowest BCUT2D eigenvalue weighted by Gasteiger charge is -2.10. The molecule has 4 aromatic rings. The molecule has 0 spiro atoms. The first-order valence-corrected chi connectivity index (χ1v) is 10.8. The number of nitrogens with zero attached hydrogens (tertiary/aromatic N) is 1. The van der Waals surface area contributed by atoms with Crippen molar-refractivity contribution >= 4 is 44.4 Å². The van der Waals surface area contributed by atoms with Crippen LogP contribution in [0.1, 0.15) is 11.1 Å². The second kappa shape index (κ2) is 9.95. The van der Waals surface area contributed by atoms with E-state index in [1.165, 1.54) is 0 Å². The number of rotatable bonds is 6. The van der Waals surface area contributed by atoms with E-state index in [-0.39, 0.29) is 5.57 Å². The molecule has 4 nitrogen and oxygen atoms in total. The Morgan fingerprint density at radius 2 is 1.72 bits per heavy atom. The summed E-state index contributed by atoms with van der Waals surface area (Å²) in [6, 6.07) is 30.8. The first kappa shape index (κ1) is 21.4. The van der Waals surface area contributed by atoms with Gasteiger partial charge in [0.15, 0.2) is 0 Å². The van der Waals surface area contributed by atoms with Crippen molar-refractivity contribution in [3.8, 4) is 11.8 Å². The molecule has 0 saturated heterocycles. The topological polar surface area (TPSA) is 62.1 Å². The van der Waals surface area contributed by atoms with Gasteiger partial charge in [-0.3, -0.25) is 4.79 Å². The number of hydrogen-bond donors (Lipinski definition) is 1. The van der Waals surface area contributed by atoms with Gasteiger partial charge >= 0.3 is 0 Å². The lowest BCUT2D eigenvalue weighted by atomic mass is 10.1. The minimum Gasteiger partial charge on any atom is -0.488 e. The maximum absolute atomic E-state index is 12.8. The van der Waals surface area contributed by atoms with Crippen LogP contribution in [0.4, 0.5) is 5.69 Å². The van der Waals surface area contributed by atoms with Gasteiger partial charge in [-0.15, -0.1) is 0 Å². The number of carbonyl (C=O) groups is 1. The van der Waals surface area contributed by atoms with E-state index < -0.39 is 5.91 Å². The molecule has 156 valence electrons. The van der Waals surface area contributed by atoms with Crippen molar-refractivity contribution in [2.45, 2.75) is 6.61 Å². The Balaban J connectivity index is 1.50. The number of anilines is 1. The lowest BCUT2D eigenvalue weighted by Crippen LogP contribution is -2.13. The predicted molar refractivity (Wildman–Crippen MR) is 131 cm³/mol. The van der Waals surface area contributed by atoms with Crippen LogP contribution in [0.5, 0.6) is 5.75 Å². The zero-order valence-corrected chi connectivity index (χ0v) is 18.7. The SMILES string of the molecule is N#C/C(=C\c1ccc(OCc2ccccc2)c(Br)c1)C(=O)Nc1cccc2ccccc12. The van der Waals surface area contributed by atoms with Crippen LogP contribution >= 0.6 is 15.9 Å². The van der Waals surface area contributed by atoms with Crippen molar-refractivity contribution < 1.29 is 9.53 Å². The van der Waals surface area contributed by atoms with Gasteiger partial charge < -0.3 is 10.1 Å². The zero-order valence-electron chi connectivity index (χ0n) is 17.1. The fraction of sp³-hybridized carbons (Fsp3) is 0.0370. The Bertz CT molecular complexity index is 1340. The van der Waals surface area contributed by atoms with Crippen LogP contribution in [0.15, 0.2) is 101 Å². The summed E-state index contributed by atoms with van der Waals surface area (Å²) in [5.74, 6) is 0.231. The molecule has 0 aromatic heterocycles. The van der Waals surface area contributed by atoms with Gasteiger partial charge in [-0.2, -0.15) is 5.26 Å². The highest BCUT2D eigenvalue weighted by Gasteiger charge is 2.12. The first-order chi connectivity index (χ1) is 15.6. The van der Waals surface area contributed by atoms with E-state index in [0.29, 0.717) is 23.6 Å². The summed E-state index contributed by atoms with van der Waals surface area (Å²) in [4.78, 5) is 12.8. The van der Waals surface area contributed by atoms with Gasteiger partial charge in [-0.1, -0.05) is 72.8 Å². The van der Waals surface area contributed by atoms with E-state index in [0.717, 1.165) is 20.8 Å². The van der Waals surface area contributed by atoms with Crippen molar-refractivity contribution in [3.05, 3.63) is 112 Å². The molecule has 1 amide bonds. The number of amides is 1. The molecule has 1 N–H and O–H groups in total. The summed E-state index contributed by atoms with van der Waals surface area (Å²) in [6.45, 7) is 0.450. The Kier molecular flexibility index (Phi) is 6.64. The van der Waals surface area contributed by atoms with Crippen LogP contribution in [-0.2, 0) is 11.4 Å². The highest BCUT2D eigenvalue weighted by Crippen LogP contribution is 2.28. The quantitative estimate of drug-likeness (QED) is 0.244. The molecule has 4 aromatic carbocycles. The number of nitrogens with one attached hydrogen (secondary N) is 1. The molecule has 0 unspecified atom stereocenters. The largest absolute Gasteiger partial charge is 0.488 e. The summed E-state index contributed by atoms with van der Waals surface area (Å²) in [5, 5.41) is 14.4. The molecule has 32 heavy (non-hydrogen) atoms. The zero-order chi connectivity index (χ0) is 22.3. The summed E-state index contributed by atoms with van der Waals surface area (Å²) in [5.41, 5.74) is 2.47. The van der Waals surface area contributed by atoms with Crippen molar-refractivity contribution in [1.29, 1.82) is 5.26 Å². The van der Waals surface area contributed by atoms with Crippen molar-refractivity contribution in [2.75, 3.05) is 5.32 Å². The fourth-order valence-electron chi connectivity index (χ4n) is 3.30. The molecule has 0 bridgehead atoms. The molecule has 0 fully saturated rings. The molecule has 0 saturated carbocycles. The number of fused-ring (bicyclic) bond motifs is 1. The molecular weight excluding hydrogens is 464 g/mol. The third-order valence-electron chi connectivity index (χ3n) is 4.91. The van der Waals surface area contributed by atoms with Crippen LogP contribution in [0.3, 0.4) is 0 Å². The number of hydrogen-bond acceptors (Lipinski definition) is 3. The van der Waals surface area contributed by atoms with Gasteiger partial charge in [-0.25, -0.2) is 0 Å². The average molecular weight is 483 g/mol. The Morgan fingerprint density at radius 3 is 2.50 bits per heavy atom. The second-order valence-corrected chi connectivity index (χ2v) is 7.97. The molecule has 0 aliphatic heterocycles. The number of carbonyl (C=O) groups excluding carboxylic acids is 1. The van der Waals surface area contributed by atoms with Crippen LogP contribution in [-0.4, -0.2) is 5.91 Å². The van der Waals surface area contributed by atoms with Gasteiger partial charge in [0.1, 0.15) is 24.0 Å². The Labute approximate surface area is 194 Å². The molecule has 0 heterocycles. The van der Waals surface area contributed by atoms with Crippen LogP contribution in [0.25, 0.3) is 16.8 Å². The van der Waals surface area contributed by atoms with E-state index in [2.05, 4.69) is 21.2 Å². The minimum atomic E-state index is -0.454. The van der Waals surface area contributed by atoms with Gasteiger partial charge in [0.05, 0.1) is 4.47 Å². The molecule has 0 aliphatic carbocycles. The summed E-state index contributed by atoms with van der Waals surface area (Å²) < 4.78 is 6.61. The predicted octanol–water partition coefficient (Wildman–Crippen LogP) is 6.73. The number of benzene rings is 4. The van der Waals surface area contributed by atoms with E-state index >= 15 is 0 Å². The number of nitriles is 1. The van der Waals surface area contributed by atoms with Gasteiger partial charge in [0.2, 0.25) is 0 Å². The normalized spacial score (nSPS) is 11.1. The molecular formula is C27H19BrN2O2. The van der Waals surface area contributed by atoms with Crippen LogP contribution < -0.4 is 10.1 Å². The standard InChI is InChI=1S/C27H19BrN2O2/c28-24-16-20(13-14-26(24)32-18-19-7-2-1-3-8-19)15-22(17-29)27(31)30-25-12-6-10-21-9-4-5-11-23(21)25/h1-16H,18H2,(H,30,31)/b22-15+. The minimum absolute atomic E-state index is 0.0165. The molecule has 0 aliphatic rings. The second-order valence-electron chi connectivity index (χ2n) is 7.11. The van der Waals surface area contributed by atoms with Crippen molar-refractivity contribution in [2.24, 2.45) is 0 Å². The first-order valence-electron chi connectivity index (χ1n) is 10.0. The Hall–Kier alpha value is -3.88. The van der Waals surface area contributed by atoms with E-state index in [9.17, 15) is 10.1 Å².